The standard InChI is InChI=1S/C25H25ClN2O3S/c26-22-15-14-21(18-23(22)32(30,31)28-16-8-3-9-17-28)25(29)27-24(19-10-4-1-5-11-19)20-12-6-2-7-13-20/h1-2,4-7,10-15,18,24H,3,8-9,16-17H2,(H,27,29). The number of hydrogen-bond acceptors (Lipinski definition) is 3. The van der Waals surface area contributed by atoms with Gasteiger partial charge in [0.05, 0.1) is 11.1 Å². The summed E-state index contributed by atoms with van der Waals surface area (Å²) in [7, 11) is -3.76. The summed E-state index contributed by atoms with van der Waals surface area (Å²) < 4.78 is 27.8. The Labute approximate surface area is 194 Å². The van der Waals surface area contributed by atoms with E-state index in [9.17, 15) is 13.2 Å². The Hall–Kier alpha value is -2.67. The van der Waals surface area contributed by atoms with Crippen LogP contribution >= 0.6 is 11.6 Å². The lowest BCUT2D eigenvalue weighted by Gasteiger charge is -2.26. The monoisotopic (exact) mass is 468 g/mol. The summed E-state index contributed by atoms with van der Waals surface area (Å²) in [6, 6.07) is 23.4. The third-order valence-corrected chi connectivity index (χ3v) is 8.05. The smallest absolute Gasteiger partial charge is 0.252 e. The van der Waals surface area contributed by atoms with Crippen molar-refractivity contribution in [2.24, 2.45) is 0 Å². The van der Waals surface area contributed by atoms with Crippen LogP contribution in [0.4, 0.5) is 0 Å². The summed E-state index contributed by atoms with van der Waals surface area (Å²) in [5.41, 5.74) is 2.12. The van der Waals surface area contributed by atoms with Crippen molar-refractivity contribution in [3.8, 4) is 0 Å². The van der Waals surface area contributed by atoms with E-state index in [0.29, 0.717) is 13.1 Å². The fourth-order valence-electron chi connectivity index (χ4n) is 3.95. The van der Waals surface area contributed by atoms with Crippen molar-refractivity contribution in [2.75, 3.05) is 13.1 Å². The van der Waals surface area contributed by atoms with Crippen molar-refractivity contribution in [1.29, 1.82) is 0 Å². The molecule has 1 amide bonds. The SMILES string of the molecule is O=C(NC(c1ccccc1)c1ccccc1)c1ccc(Cl)c(S(=O)(=O)N2CCCCC2)c1. The van der Waals surface area contributed by atoms with Gasteiger partial charge in [0.2, 0.25) is 10.0 Å². The number of benzene rings is 3. The molecule has 3 aromatic rings. The van der Waals surface area contributed by atoms with Crippen molar-refractivity contribution in [3.05, 3.63) is 101 Å². The van der Waals surface area contributed by atoms with Crippen LogP contribution < -0.4 is 5.32 Å². The lowest BCUT2D eigenvalue weighted by molar-refractivity contribution is 0.0942. The largest absolute Gasteiger partial charge is 0.341 e. The van der Waals surface area contributed by atoms with Gasteiger partial charge in [-0.05, 0) is 42.2 Å². The Bertz CT molecular complexity index is 1140. The predicted molar refractivity (Wildman–Crippen MR) is 126 cm³/mol. The average molecular weight is 469 g/mol. The van der Waals surface area contributed by atoms with Gasteiger partial charge in [-0.3, -0.25) is 4.79 Å². The quantitative estimate of drug-likeness (QED) is 0.551. The first-order chi connectivity index (χ1) is 15.5. The van der Waals surface area contributed by atoms with E-state index in [1.54, 1.807) is 6.07 Å². The molecule has 3 aromatic carbocycles. The molecule has 1 fully saturated rings. The zero-order valence-corrected chi connectivity index (χ0v) is 19.1. The molecule has 0 aliphatic carbocycles. The number of halogens is 1. The highest BCUT2D eigenvalue weighted by Crippen LogP contribution is 2.29. The first kappa shape index (κ1) is 22.5. The fraction of sp³-hybridized carbons (Fsp3) is 0.240. The molecule has 0 spiro atoms. The average Bonchev–Trinajstić information content (AvgIpc) is 2.84. The molecule has 32 heavy (non-hydrogen) atoms. The van der Waals surface area contributed by atoms with E-state index in [-0.39, 0.29) is 27.4 Å². The molecule has 5 nitrogen and oxygen atoms in total. The Kier molecular flexibility index (Phi) is 6.94. The van der Waals surface area contributed by atoms with E-state index >= 15 is 0 Å². The number of carbonyl (C=O) groups is 1. The second-order valence-corrected chi connectivity index (χ2v) is 10.2. The van der Waals surface area contributed by atoms with Crippen LogP contribution in [0.5, 0.6) is 0 Å². The first-order valence-corrected chi connectivity index (χ1v) is 12.5. The van der Waals surface area contributed by atoms with Crippen molar-refractivity contribution < 1.29 is 13.2 Å². The van der Waals surface area contributed by atoms with Crippen LogP contribution in [0.25, 0.3) is 0 Å². The van der Waals surface area contributed by atoms with Crippen LogP contribution in [0.2, 0.25) is 5.02 Å². The molecular formula is C25H25ClN2O3S. The summed E-state index contributed by atoms with van der Waals surface area (Å²) in [4.78, 5) is 13.2. The van der Waals surface area contributed by atoms with E-state index in [1.807, 2.05) is 60.7 Å². The lowest BCUT2D eigenvalue weighted by Crippen LogP contribution is -2.36. The normalized spacial score (nSPS) is 14.9. The fourth-order valence-corrected chi connectivity index (χ4v) is 5.97. The molecule has 1 N–H and O–H groups in total. The summed E-state index contributed by atoms with van der Waals surface area (Å²) >= 11 is 6.26. The molecule has 0 atom stereocenters. The van der Waals surface area contributed by atoms with E-state index in [2.05, 4.69) is 5.32 Å². The molecule has 4 rings (SSSR count). The highest BCUT2D eigenvalue weighted by atomic mass is 35.5. The number of nitrogens with one attached hydrogen (secondary N) is 1. The molecular weight excluding hydrogens is 444 g/mol. The van der Waals surface area contributed by atoms with Gasteiger partial charge in [-0.1, -0.05) is 78.7 Å². The van der Waals surface area contributed by atoms with Gasteiger partial charge in [-0.15, -0.1) is 0 Å². The van der Waals surface area contributed by atoms with Crippen LogP contribution in [0.15, 0.2) is 83.8 Å². The number of piperidine rings is 1. The number of carbonyl (C=O) groups excluding carboxylic acids is 1. The van der Waals surface area contributed by atoms with E-state index in [4.69, 9.17) is 11.6 Å². The van der Waals surface area contributed by atoms with Crippen LogP contribution in [-0.4, -0.2) is 31.7 Å². The highest BCUT2D eigenvalue weighted by molar-refractivity contribution is 7.89. The molecule has 166 valence electrons. The molecule has 0 radical (unpaired) electrons. The zero-order chi connectivity index (χ0) is 22.6. The summed E-state index contributed by atoms with van der Waals surface area (Å²) in [6.45, 7) is 0.943. The van der Waals surface area contributed by atoms with Crippen LogP contribution in [0.1, 0.15) is 46.8 Å². The molecule has 0 saturated carbocycles. The van der Waals surface area contributed by atoms with Crippen LogP contribution in [0.3, 0.4) is 0 Å². The Morgan fingerprint density at radius 2 is 1.41 bits per heavy atom. The molecule has 1 heterocycles. The predicted octanol–water partition coefficient (Wildman–Crippen LogP) is 5.03. The minimum absolute atomic E-state index is 0.0234. The molecule has 1 saturated heterocycles. The molecule has 0 bridgehead atoms. The Morgan fingerprint density at radius 3 is 1.97 bits per heavy atom. The second kappa shape index (κ2) is 9.86. The van der Waals surface area contributed by atoms with E-state index in [1.165, 1.54) is 16.4 Å². The van der Waals surface area contributed by atoms with E-state index < -0.39 is 10.0 Å². The number of nitrogens with zero attached hydrogens (tertiary/aromatic N) is 1. The lowest BCUT2D eigenvalue weighted by atomic mass is 9.98. The maximum Gasteiger partial charge on any atom is 0.252 e. The van der Waals surface area contributed by atoms with Crippen molar-refractivity contribution in [3.63, 3.8) is 0 Å². The second-order valence-electron chi connectivity index (χ2n) is 7.84. The summed E-state index contributed by atoms with van der Waals surface area (Å²) in [6.07, 6.45) is 2.67. The Balaban J connectivity index is 1.65. The number of amides is 1. The molecule has 1 aliphatic heterocycles. The van der Waals surface area contributed by atoms with E-state index in [0.717, 1.165) is 30.4 Å². The zero-order valence-electron chi connectivity index (χ0n) is 17.6. The molecule has 7 heteroatoms. The highest BCUT2D eigenvalue weighted by Gasteiger charge is 2.29. The minimum Gasteiger partial charge on any atom is -0.341 e. The topological polar surface area (TPSA) is 66.5 Å². The van der Waals surface area contributed by atoms with Gasteiger partial charge < -0.3 is 5.32 Å². The van der Waals surface area contributed by atoms with Crippen molar-refractivity contribution in [2.45, 2.75) is 30.2 Å². The van der Waals surface area contributed by atoms with Crippen LogP contribution in [-0.2, 0) is 10.0 Å². The summed E-state index contributed by atoms with van der Waals surface area (Å²) in [5, 5.41) is 3.17. The summed E-state index contributed by atoms with van der Waals surface area (Å²) in [5.74, 6) is -0.366. The van der Waals surface area contributed by atoms with Crippen LogP contribution in [0, 0.1) is 0 Å². The van der Waals surface area contributed by atoms with Gasteiger partial charge in [0, 0.05) is 18.7 Å². The van der Waals surface area contributed by atoms with Gasteiger partial charge in [0.1, 0.15) is 4.90 Å². The van der Waals surface area contributed by atoms with Crippen molar-refractivity contribution >= 4 is 27.5 Å². The van der Waals surface area contributed by atoms with Crippen molar-refractivity contribution in [1.82, 2.24) is 9.62 Å². The molecule has 1 aliphatic rings. The van der Waals surface area contributed by atoms with Gasteiger partial charge in [0.15, 0.2) is 0 Å². The maximum absolute atomic E-state index is 13.2. The minimum atomic E-state index is -3.76. The number of sulfonamides is 1. The molecule has 0 unspecified atom stereocenters. The van der Waals surface area contributed by atoms with Gasteiger partial charge in [-0.25, -0.2) is 8.42 Å². The number of hydrogen-bond donors (Lipinski definition) is 1. The van der Waals surface area contributed by atoms with Gasteiger partial charge in [0.25, 0.3) is 5.91 Å². The maximum atomic E-state index is 13.2. The first-order valence-electron chi connectivity index (χ1n) is 10.7. The number of rotatable bonds is 6. The van der Waals surface area contributed by atoms with Gasteiger partial charge >= 0.3 is 0 Å². The Morgan fingerprint density at radius 1 is 0.844 bits per heavy atom. The third-order valence-electron chi connectivity index (χ3n) is 5.67. The molecule has 0 aromatic heterocycles. The van der Waals surface area contributed by atoms with Gasteiger partial charge in [-0.2, -0.15) is 4.31 Å². The third kappa shape index (κ3) is 4.88.